The fraction of sp³-hybridized carbons (Fsp3) is 0.714. The third kappa shape index (κ3) is 3.75. The number of likely N-dealkylation sites (N-methyl/N-ethyl adjacent to an activating group) is 1. The summed E-state index contributed by atoms with van der Waals surface area (Å²) in [6.45, 7) is 4.15. The number of carbonyl (C=O) groups excluding carboxylic acids is 1. The lowest BCUT2D eigenvalue weighted by Crippen LogP contribution is -2.36. The number of hydrogen-bond acceptors (Lipinski definition) is 3. The fourth-order valence-electron chi connectivity index (χ4n) is 2.70. The van der Waals surface area contributed by atoms with Gasteiger partial charge in [-0.3, -0.25) is 9.89 Å². The smallest absolute Gasteiger partial charge is 0.228 e. The van der Waals surface area contributed by atoms with Gasteiger partial charge in [0.2, 0.25) is 5.91 Å². The molecule has 1 aliphatic carbocycles. The third-order valence-electron chi connectivity index (χ3n) is 3.79. The molecule has 0 aliphatic heterocycles. The van der Waals surface area contributed by atoms with Crippen LogP contribution in [0.15, 0.2) is 6.07 Å². The van der Waals surface area contributed by atoms with E-state index in [1.165, 1.54) is 12.2 Å². The van der Waals surface area contributed by atoms with E-state index in [-0.39, 0.29) is 5.91 Å². The van der Waals surface area contributed by atoms with Gasteiger partial charge in [-0.15, -0.1) is 0 Å². The summed E-state index contributed by atoms with van der Waals surface area (Å²) in [6.07, 6.45) is 3.92. The average molecular weight is 281 g/mol. The third-order valence-corrected chi connectivity index (χ3v) is 5.02. The molecule has 4 nitrogen and oxygen atoms in total. The van der Waals surface area contributed by atoms with Crippen LogP contribution in [0.1, 0.15) is 37.6 Å². The monoisotopic (exact) mass is 281 g/mol. The number of rotatable bonds is 5. The maximum atomic E-state index is 12.2. The summed E-state index contributed by atoms with van der Waals surface area (Å²) in [5, 5.41) is 7.75. The molecule has 1 fully saturated rings. The van der Waals surface area contributed by atoms with Crippen molar-refractivity contribution in [3.8, 4) is 0 Å². The number of carbonyl (C=O) groups is 1. The van der Waals surface area contributed by atoms with Crippen LogP contribution in [0, 0.1) is 6.92 Å². The van der Waals surface area contributed by atoms with Gasteiger partial charge in [-0.1, -0.05) is 6.92 Å². The fourth-order valence-corrected chi connectivity index (χ4v) is 3.84. The Kier molecular flexibility index (Phi) is 4.91. The van der Waals surface area contributed by atoms with E-state index < -0.39 is 0 Å². The second-order valence-corrected chi connectivity index (χ2v) is 6.85. The zero-order valence-corrected chi connectivity index (χ0v) is 12.8. The summed E-state index contributed by atoms with van der Waals surface area (Å²) >= 11 is 2.02. The summed E-state index contributed by atoms with van der Waals surface area (Å²) in [6, 6.07) is 2.35. The summed E-state index contributed by atoms with van der Waals surface area (Å²) in [7, 11) is 1.94. The minimum atomic E-state index is 0.179. The predicted molar refractivity (Wildman–Crippen MR) is 79.4 cm³/mol. The van der Waals surface area contributed by atoms with Crippen molar-refractivity contribution in [1.29, 1.82) is 0 Å². The van der Waals surface area contributed by atoms with E-state index in [9.17, 15) is 4.79 Å². The molecule has 2 rings (SSSR count). The molecule has 1 aromatic rings. The highest BCUT2D eigenvalue weighted by atomic mass is 32.2. The van der Waals surface area contributed by atoms with Gasteiger partial charge in [-0.2, -0.15) is 16.9 Å². The van der Waals surface area contributed by atoms with E-state index in [0.717, 1.165) is 29.5 Å². The number of hydrogen-bond donors (Lipinski definition) is 1. The molecule has 1 saturated carbocycles. The number of nitrogens with one attached hydrogen (secondary N) is 1. The van der Waals surface area contributed by atoms with Crippen molar-refractivity contribution >= 4 is 17.7 Å². The number of amides is 1. The zero-order chi connectivity index (χ0) is 13.8. The van der Waals surface area contributed by atoms with Crippen molar-refractivity contribution in [2.45, 2.75) is 50.8 Å². The van der Waals surface area contributed by atoms with Gasteiger partial charge >= 0.3 is 0 Å². The van der Waals surface area contributed by atoms with Crippen molar-refractivity contribution in [2.24, 2.45) is 0 Å². The Morgan fingerprint density at radius 3 is 3.00 bits per heavy atom. The van der Waals surface area contributed by atoms with Crippen LogP contribution in [0.3, 0.4) is 0 Å². The molecule has 0 unspecified atom stereocenters. The molecule has 1 heterocycles. The second kappa shape index (κ2) is 6.46. The molecule has 5 heteroatoms. The number of aromatic amines is 1. The Hall–Kier alpha value is -0.970. The first kappa shape index (κ1) is 14.4. The maximum absolute atomic E-state index is 12.2. The van der Waals surface area contributed by atoms with Gasteiger partial charge in [-0.25, -0.2) is 0 Å². The Labute approximate surface area is 119 Å². The Morgan fingerprint density at radius 1 is 1.58 bits per heavy atom. The zero-order valence-electron chi connectivity index (χ0n) is 12.0. The lowest BCUT2D eigenvalue weighted by Gasteiger charge is -2.24. The summed E-state index contributed by atoms with van der Waals surface area (Å²) in [5.74, 6) is 1.35. The maximum Gasteiger partial charge on any atom is 0.228 e. The SMILES string of the molecule is CCS[C@@H]1CC[C@@H](N(C)C(=O)Cc2cc(C)[nH]n2)C1. The predicted octanol–water partition coefficient (Wildman–Crippen LogP) is 2.39. The van der Waals surface area contributed by atoms with E-state index in [1.54, 1.807) is 0 Å². The average Bonchev–Trinajstić information content (AvgIpc) is 2.98. The van der Waals surface area contributed by atoms with Crippen LogP contribution in [0.25, 0.3) is 0 Å². The molecule has 19 heavy (non-hydrogen) atoms. The second-order valence-electron chi connectivity index (χ2n) is 5.27. The van der Waals surface area contributed by atoms with Gasteiger partial charge < -0.3 is 4.90 Å². The Morgan fingerprint density at radius 2 is 2.37 bits per heavy atom. The number of aryl methyl sites for hydroxylation is 1. The number of nitrogens with zero attached hydrogens (tertiary/aromatic N) is 2. The quantitative estimate of drug-likeness (QED) is 0.901. The van der Waals surface area contributed by atoms with Crippen molar-refractivity contribution < 1.29 is 4.79 Å². The molecule has 1 amide bonds. The normalized spacial score (nSPS) is 22.7. The largest absolute Gasteiger partial charge is 0.342 e. The molecule has 106 valence electrons. The van der Waals surface area contributed by atoms with Crippen molar-refractivity contribution in [3.05, 3.63) is 17.5 Å². The Balaban J connectivity index is 1.86. The topological polar surface area (TPSA) is 49.0 Å². The van der Waals surface area contributed by atoms with Crippen LogP contribution in [0.2, 0.25) is 0 Å². The van der Waals surface area contributed by atoms with E-state index in [2.05, 4.69) is 17.1 Å². The van der Waals surface area contributed by atoms with Crippen LogP contribution in [0.5, 0.6) is 0 Å². The van der Waals surface area contributed by atoms with Crippen LogP contribution in [0.4, 0.5) is 0 Å². The molecular formula is C14H23N3OS. The number of H-pyrrole nitrogens is 1. The first-order valence-electron chi connectivity index (χ1n) is 6.98. The van der Waals surface area contributed by atoms with Crippen molar-refractivity contribution in [3.63, 3.8) is 0 Å². The molecule has 1 aromatic heterocycles. The van der Waals surface area contributed by atoms with Gasteiger partial charge in [0.15, 0.2) is 0 Å². The first-order chi connectivity index (χ1) is 9.10. The highest BCUT2D eigenvalue weighted by Gasteiger charge is 2.29. The van der Waals surface area contributed by atoms with E-state index in [0.29, 0.717) is 12.5 Å². The van der Waals surface area contributed by atoms with Gasteiger partial charge in [0.05, 0.1) is 12.1 Å². The molecule has 0 bridgehead atoms. The van der Waals surface area contributed by atoms with E-state index >= 15 is 0 Å². The molecule has 0 spiro atoms. The van der Waals surface area contributed by atoms with Gasteiger partial charge in [0, 0.05) is 24.0 Å². The standard InChI is InChI=1S/C14H23N3OS/c1-4-19-13-6-5-12(9-13)17(3)14(18)8-11-7-10(2)15-16-11/h7,12-13H,4-6,8-9H2,1-3H3,(H,15,16)/t12-,13-/m1/s1. The number of aromatic nitrogens is 2. The van der Waals surface area contributed by atoms with Gasteiger partial charge in [0.25, 0.3) is 0 Å². The molecule has 0 saturated heterocycles. The van der Waals surface area contributed by atoms with E-state index in [4.69, 9.17) is 0 Å². The minimum Gasteiger partial charge on any atom is -0.342 e. The van der Waals surface area contributed by atoms with Crippen molar-refractivity contribution in [1.82, 2.24) is 15.1 Å². The molecule has 2 atom stereocenters. The first-order valence-corrected chi connectivity index (χ1v) is 8.03. The van der Waals surface area contributed by atoms with Gasteiger partial charge in [-0.05, 0) is 38.0 Å². The highest BCUT2D eigenvalue weighted by molar-refractivity contribution is 7.99. The Bertz CT molecular complexity index is 432. The lowest BCUT2D eigenvalue weighted by molar-refractivity contribution is -0.131. The van der Waals surface area contributed by atoms with Crippen LogP contribution in [-0.2, 0) is 11.2 Å². The van der Waals surface area contributed by atoms with Crippen LogP contribution < -0.4 is 0 Å². The molecule has 0 aromatic carbocycles. The molecular weight excluding hydrogens is 258 g/mol. The molecule has 1 aliphatic rings. The minimum absolute atomic E-state index is 0.179. The summed E-state index contributed by atoms with van der Waals surface area (Å²) in [4.78, 5) is 14.2. The van der Waals surface area contributed by atoms with Gasteiger partial charge in [0.1, 0.15) is 0 Å². The van der Waals surface area contributed by atoms with Crippen LogP contribution >= 0.6 is 11.8 Å². The van der Waals surface area contributed by atoms with Crippen molar-refractivity contribution in [2.75, 3.05) is 12.8 Å². The molecule has 0 radical (unpaired) electrons. The van der Waals surface area contributed by atoms with Crippen LogP contribution in [-0.4, -0.2) is 45.1 Å². The van der Waals surface area contributed by atoms with E-state index in [1.807, 2.05) is 36.7 Å². The summed E-state index contributed by atoms with van der Waals surface area (Å²) < 4.78 is 0. The number of thioether (sulfide) groups is 1. The summed E-state index contributed by atoms with van der Waals surface area (Å²) in [5.41, 5.74) is 1.84. The molecule has 1 N–H and O–H groups in total. The lowest BCUT2D eigenvalue weighted by atomic mass is 10.2. The highest BCUT2D eigenvalue weighted by Crippen LogP contribution is 2.32.